The Hall–Kier alpha value is -1.68. The number of carbonyl (C=O) groups is 1. The lowest BCUT2D eigenvalue weighted by Crippen LogP contribution is -2.47. The molecule has 0 radical (unpaired) electrons. The zero-order chi connectivity index (χ0) is 16.4. The summed E-state index contributed by atoms with van der Waals surface area (Å²) in [6.45, 7) is 0. The molecule has 0 bridgehead atoms. The molecular weight excluding hydrogens is 316 g/mol. The average Bonchev–Trinajstić information content (AvgIpc) is 3.18. The lowest BCUT2D eigenvalue weighted by molar-refractivity contribution is -0.129. The van der Waals surface area contributed by atoms with Crippen LogP contribution in [0.15, 0.2) is 35.8 Å². The highest BCUT2D eigenvalue weighted by atomic mass is 32.1. The highest BCUT2D eigenvalue weighted by Crippen LogP contribution is 2.41. The quantitative estimate of drug-likeness (QED) is 0.891. The molecule has 24 heavy (non-hydrogen) atoms. The lowest BCUT2D eigenvalue weighted by Gasteiger charge is -2.36. The summed E-state index contributed by atoms with van der Waals surface area (Å²) in [7, 11) is 0. The predicted molar refractivity (Wildman–Crippen MR) is 97.1 cm³/mol. The van der Waals surface area contributed by atoms with Gasteiger partial charge >= 0.3 is 0 Å². The maximum atomic E-state index is 13.4. The summed E-state index contributed by atoms with van der Waals surface area (Å²) in [5.74, 6) is 0.193. The van der Waals surface area contributed by atoms with Gasteiger partial charge in [0.25, 0.3) is 0 Å². The summed E-state index contributed by atoms with van der Waals surface area (Å²) in [5.41, 5.74) is 2.29. The first-order valence-electron chi connectivity index (χ1n) is 9.08. The van der Waals surface area contributed by atoms with Crippen LogP contribution in [0.2, 0.25) is 0 Å². The summed E-state index contributed by atoms with van der Waals surface area (Å²) in [4.78, 5) is 17.9. The van der Waals surface area contributed by atoms with Crippen LogP contribution in [-0.2, 0) is 16.6 Å². The Labute approximate surface area is 147 Å². The number of carbonyl (C=O) groups excluding carboxylic acids is 1. The molecule has 3 nitrogen and oxygen atoms in total. The van der Waals surface area contributed by atoms with Crippen LogP contribution in [0.4, 0.5) is 0 Å². The van der Waals surface area contributed by atoms with Gasteiger partial charge in [0.15, 0.2) is 0 Å². The molecule has 1 atom stereocenters. The number of nitrogens with one attached hydrogen (secondary N) is 1. The third kappa shape index (κ3) is 2.77. The molecule has 0 saturated heterocycles. The van der Waals surface area contributed by atoms with E-state index >= 15 is 0 Å². The summed E-state index contributed by atoms with van der Waals surface area (Å²) in [6, 6.07) is 8.71. The second-order valence-corrected chi connectivity index (χ2v) is 7.99. The van der Waals surface area contributed by atoms with Crippen LogP contribution in [0.3, 0.4) is 0 Å². The molecule has 4 heteroatoms. The van der Waals surface area contributed by atoms with Crippen molar-refractivity contribution in [3.8, 4) is 0 Å². The normalized spacial score (nSPS) is 22.6. The first kappa shape index (κ1) is 15.8. The number of hydrogen-bond donors (Lipinski definition) is 1. The standard InChI is InChI=1S/C20H24N2OS/c23-18(20(11-4-1-5-12-20)19-21-13-14-24-19)22-17-10-6-8-15-7-2-3-9-16(15)17/h2-3,7,9,13-14,17H,1,4-6,8,10-12H2,(H,22,23). The van der Waals surface area contributed by atoms with Gasteiger partial charge in [0, 0.05) is 11.6 Å². The summed E-state index contributed by atoms with van der Waals surface area (Å²) >= 11 is 1.63. The van der Waals surface area contributed by atoms with E-state index in [0.717, 1.165) is 50.0 Å². The van der Waals surface area contributed by atoms with E-state index in [1.807, 2.05) is 11.6 Å². The number of hydrogen-bond acceptors (Lipinski definition) is 3. The zero-order valence-electron chi connectivity index (χ0n) is 14.0. The Kier molecular flexibility index (Phi) is 4.40. The first-order chi connectivity index (χ1) is 11.8. The van der Waals surface area contributed by atoms with Crippen molar-refractivity contribution in [3.05, 3.63) is 52.0 Å². The van der Waals surface area contributed by atoms with Gasteiger partial charge < -0.3 is 5.32 Å². The van der Waals surface area contributed by atoms with E-state index in [1.165, 1.54) is 17.5 Å². The first-order valence-corrected chi connectivity index (χ1v) is 9.96. The molecule has 1 fully saturated rings. The van der Waals surface area contributed by atoms with Crippen molar-refractivity contribution in [2.45, 2.75) is 62.8 Å². The van der Waals surface area contributed by atoms with E-state index in [-0.39, 0.29) is 11.9 Å². The number of benzene rings is 1. The van der Waals surface area contributed by atoms with Crippen molar-refractivity contribution >= 4 is 17.2 Å². The van der Waals surface area contributed by atoms with Crippen molar-refractivity contribution in [2.24, 2.45) is 0 Å². The molecule has 2 aliphatic rings. The van der Waals surface area contributed by atoms with Gasteiger partial charge in [-0.25, -0.2) is 4.98 Å². The number of aromatic nitrogens is 1. The Morgan fingerprint density at radius 2 is 2.00 bits per heavy atom. The molecule has 1 N–H and O–H groups in total. The van der Waals surface area contributed by atoms with Crippen LogP contribution in [-0.4, -0.2) is 10.9 Å². The minimum atomic E-state index is -0.404. The fourth-order valence-electron chi connectivity index (χ4n) is 4.35. The van der Waals surface area contributed by atoms with E-state index < -0.39 is 5.41 Å². The van der Waals surface area contributed by atoms with E-state index in [1.54, 1.807) is 11.3 Å². The molecule has 0 spiro atoms. The highest BCUT2D eigenvalue weighted by molar-refractivity contribution is 7.09. The number of thiazole rings is 1. The van der Waals surface area contributed by atoms with Gasteiger partial charge in [-0.15, -0.1) is 11.3 Å². The maximum absolute atomic E-state index is 13.4. The second kappa shape index (κ2) is 6.67. The molecule has 1 aromatic carbocycles. The molecule has 126 valence electrons. The van der Waals surface area contributed by atoms with Crippen LogP contribution in [0.1, 0.15) is 67.1 Å². The van der Waals surface area contributed by atoms with Crippen LogP contribution < -0.4 is 5.32 Å². The van der Waals surface area contributed by atoms with Crippen molar-refractivity contribution in [3.63, 3.8) is 0 Å². The monoisotopic (exact) mass is 340 g/mol. The Morgan fingerprint density at radius 3 is 2.79 bits per heavy atom. The Morgan fingerprint density at radius 1 is 1.17 bits per heavy atom. The largest absolute Gasteiger partial charge is 0.348 e. The number of aryl methyl sites for hydroxylation is 1. The highest BCUT2D eigenvalue weighted by Gasteiger charge is 2.44. The Balaban J connectivity index is 1.61. The zero-order valence-corrected chi connectivity index (χ0v) is 14.8. The molecule has 1 saturated carbocycles. The van der Waals surface area contributed by atoms with Gasteiger partial charge in [-0.3, -0.25) is 4.79 Å². The molecule has 1 heterocycles. The van der Waals surface area contributed by atoms with E-state index in [9.17, 15) is 4.79 Å². The number of rotatable bonds is 3. The predicted octanol–water partition coefficient (Wildman–Crippen LogP) is 4.54. The smallest absolute Gasteiger partial charge is 0.233 e. The van der Waals surface area contributed by atoms with Crippen LogP contribution >= 0.6 is 11.3 Å². The van der Waals surface area contributed by atoms with Crippen molar-refractivity contribution in [1.29, 1.82) is 0 Å². The van der Waals surface area contributed by atoms with Crippen molar-refractivity contribution in [2.75, 3.05) is 0 Å². The van der Waals surface area contributed by atoms with Gasteiger partial charge in [0.1, 0.15) is 10.4 Å². The van der Waals surface area contributed by atoms with E-state index in [4.69, 9.17) is 0 Å². The molecule has 4 rings (SSSR count). The van der Waals surface area contributed by atoms with Gasteiger partial charge in [0.05, 0.1) is 6.04 Å². The molecule has 2 aliphatic carbocycles. The minimum Gasteiger partial charge on any atom is -0.348 e. The number of fused-ring (bicyclic) bond motifs is 1. The topological polar surface area (TPSA) is 42.0 Å². The SMILES string of the molecule is O=C(NC1CCCc2ccccc21)C1(c2nccs2)CCCCC1. The van der Waals surface area contributed by atoms with Gasteiger partial charge in [-0.2, -0.15) is 0 Å². The molecule has 1 aromatic heterocycles. The second-order valence-electron chi connectivity index (χ2n) is 7.10. The van der Waals surface area contributed by atoms with Gasteiger partial charge in [-0.05, 0) is 43.2 Å². The molecule has 1 unspecified atom stereocenters. The molecule has 1 amide bonds. The average molecular weight is 340 g/mol. The van der Waals surface area contributed by atoms with Crippen LogP contribution in [0.5, 0.6) is 0 Å². The fraction of sp³-hybridized carbons (Fsp3) is 0.500. The van der Waals surface area contributed by atoms with Gasteiger partial charge in [0.2, 0.25) is 5.91 Å². The lowest BCUT2D eigenvalue weighted by atomic mass is 9.73. The minimum absolute atomic E-state index is 0.154. The van der Waals surface area contributed by atoms with Crippen molar-refractivity contribution < 1.29 is 4.79 Å². The summed E-state index contributed by atoms with van der Waals surface area (Å²) < 4.78 is 0. The Bertz CT molecular complexity index is 704. The van der Waals surface area contributed by atoms with Gasteiger partial charge in [-0.1, -0.05) is 43.5 Å². The fourth-order valence-corrected chi connectivity index (χ4v) is 5.25. The van der Waals surface area contributed by atoms with Crippen LogP contribution in [0, 0.1) is 0 Å². The third-order valence-corrected chi connectivity index (χ3v) is 6.64. The maximum Gasteiger partial charge on any atom is 0.233 e. The summed E-state index contributed by atoms with van der Waals surface area (Å²) in [6.07, 6.45) is 10.5. The van der Waals surface area contributed by atoms with Crippen molar-refractivity contribution in [1.82, 2.24) is 10.3 Å². The number of nitrogens with zero attached hydrogens (tertiary/aromatic N) is 1. The molecule has 2 aromatic rings. The van der Waals surface area contributed by atoms with Crippen LogP contribution in [0.25, 0.3) is 0 Å². The third-order valence-electron chi connectivity index (χ3n) is 5.66. The molecular formula is C20H24N2OS. The molecule has 0 aliphatic heterocycles. The van der Waals surface area contributed by atoms with E-state index in [0.29, 0.717) is 0 Å². The summed E-state index contributed by atoms with van der Waals surface area (Å²) in [5, 5.41) is 6.40. The number of amides is 1. The van der Waals surface area contributed by atoms with E-state index in [2.05, 4.69) is 34.6 Å².